The van der Waals surface area contributed by atoms with E-state index in [1.54, 1.807) is 32.9 Å². The molecule has 0 aliphatic carbocycles. The lowest BCUT2D eigenvalue weighted by atomic mass is 9.85. The van der Waals surface area contributed by atoms with Gasteiger partial charge in [-0.05, 0) is 48.5 Å². The van der Waals surface area contributed by atoms with E-state index in [0.29, 0.717) is 0 Å². The lowest BCUT2D eigenvalue weighted by Gasteiger charge is -2.36. The Hall–Kier alpha value is -2.32. The number of imide groups is 1. The Morgan fingerprint density at radius 1 is 0.829 bits per heavy atom. The average molecular weight is 708 g/mol. The van der Waals surface area contributed by atoms with Gasteiger partial charge in [0.15, 0.2) is 13.2 Å². The number of nitrogens with zero attached hydrogens (tertiary/aromatic N) is 1. The zero-order valence-corrected chi connectivity index (χ0v) is 27.3. The van der Waals surface area contributed by atoms with E-state index in [1.165, 1.54) is 27.7 Å². The minimum Gasteiger partial charge on any atom is -0.459 e. The van der Waals surface area contributed by atoms with Crippen LogP contribution in [0, 0.1) is 17.3 Å². The van der Waals surface area contributed by atoms with Gasteiger partial charge in [0.2, 0.25) is 17.7 Å². The monoisotopic (exact) mass is 706 g/mol. The van der Waals surface area contributed by atoms with Gasteiger partial charge >= 0.3 is 17.9 Å². The molecule has 3 heterocycles. The van der Waals surface area contributed by atoms with Crippen LogP contribution in [-0.4, -0.2) is 86.9 Å². The Morgan fingerprint density at radius 2 is 1.29 bits per heavy atom. The first kappa shape index (κ1) is 33.2. The van der Waals surface area contributed by atoms with Gasteiger partial charge in [-0.2, -0.15) is 0 Å². The summed E-state index contributed by atoms with van der Waals surface area (Å²) in [7, 11) is 0. The number of esters is 3. The molecule has 0 aromatic heterocycles. The molecular weight excluding hydrogens is 672 g/mol. The van der Waals surface area contributed by atoms with Crippen LogP contribution in [0.5, 0.6) is 0 Å². The number of halogens is 2. The summed E-state index contributed by atoms with van der Waals surface area (Å²) in [6.45, 7) is 9.31. The largest absolute Gasteiger partial charge is 0.459 e. The molecule has 2 saturated heterocycles. The minimum absolute atomic E-state index is 0.236. The maximum Gasteiger partial charge on any atom is 0.324 e. The van der Waals surface area contributed by atoms with Crippen LogP contribution in [0.15, 0.2) is 12.2 Å². The summed E-state index contributed by atoms with van der Waals surface area (Å²) < 4.78 is 19.7. The first-order valence-corrected chi connectivity index (χ1v) is 14.7. The third-order valence-corrected chi connectivity index (χ3v) is 7.32. The van der Waals surface area contributed by atoms with Crippen LogP contribution >= 0.6 is 31.9 Å². The predicted octanol–water partition coefficient (Wildman–Crippen LogP) is 2.15. The lowest BCUT2D eigenvalue weighted by molar-refractivity contribution is -0.195. The van der Waals surface area contributed by atoms with Crippen molar-refractivity contribution in [2.75, 3.05) is 19.8 Å². The Kier molecular flexibility index (Phi) is 9.51. The van der Waals surface area contributed by atoms with Gasteiger partial charge in [0.1, 0.15) is 8.65 Å². The summed E-state index contributed by atoms with van der Waals surface area (Å²) >= 11 is 6.40. The topological polar surface area (TPSA) is 155 Å². The highest BCUT2D eigenvalue weighted by Gasteiger charge is 2.60. The molecule has 14 heteroatoms. The lowest BCUT2D eigenvalue weighted by Crippen LogP contribution is -2.60. The van der Waals surface area contributed by atoms with E-state index < -0.39 is 92.7 Å². The van der Waals surface area contributed by atoms with Gasteiger partial charge in [-0.15, -0.1) is 0 Å². The fourth-order valence-corrected chi connectivity index (χ4v) is 4.56. The van der Waals surface area contributed by atoms with Crippen LogP contribution in [-0.2, 0) is 47.7 Å². The molecule has 228 valence electrons. The van der Waals surface area contributed by atoms with Crippen LogP contribution in [0.3, 0.4) is 0 Å². The van der Waals surface area contributed by atoms with Gasteiger partial charge in [-0.25, -0.2) is 0 Å². The quantitative estimate of drug-likeness (QED) is 0.0844. The van der Waals surface area contributed by atoms with Crippen LogP contribution in [0.2, 0.25) is 0 Å². The predicted molar refractivity (Wildman–Crippen MR) is 150 cm³/mol. The van der Waals surface area contributed by atoms with E-state index in [-0.39, 0.29) is 13.0 Å². The molecule has 2 bridgehead atoms. The number of carbonyl (C=O) groups is 6. The van der Waals surface area contributed by atoms with E-state index in [0.717, 1.165) is 4.90 Å². The first-order valence-electron chi connectivity index (χ1n) is 13.1. The first-order chi connectivity index (χ1) is 18.7. The van der Waals surface area contributed by atoms with E-state index in [2.05, 4.69) is 37.2 Å². The van der Waals surface area contributed by atoms with Gasteiger partial charge in [-0.3, -0.25) is 33.7 Å². The molecule has 3 rings (SSSR count). The number of carbonyl (C=O) groups excluding carboxylic acids is 6. The molecule has 5 atom stereocenters. The molecule has 0 aromatic carbocycles. The second-order valence-corrected chi connectivity index (χ2v) is 16.3. The molecule has 4 unspecified atom stereocenters. The fourth-order valence-electron chi connectivity index (χ4n) is 4.37. The fraction of sp³-hybridized carbons (Fsp3) is 0.704. The van der Waals surface area contributed by atoms with Crippen molar-refractivity contribution in [3.05, 3.63) is 12.2 Å². The molecule has 1 N–H and O–H groups in total. The van der Waals surface area contributed by atoms with Crippen LogP contribution in [0.4, 0.5) is 0 Å². The molecule has 3 aliphatic rings. The van der Waals surface area contributed by atoms with E-state index in [9.17, 15) is 28.8 Å². The Morgan fingerprint density at radius 3 is 1.73 bits per heavy atom. The van der Waals surface area contributed by atoms with Crippen molar-refractivity contribution in [2.45, 2.75) is 81.5 Å². The number of amides is 3. The van der Waals surface area contributed by atoms with Crippen molar-refractivity contribution in [1.29, 1.82) is 0 Å². The van der Waals surface area contributed by atoms with Crippen molar-refractivity contribution < 1.29 is 47.7 Å². The summed E-state index contributed by atoms with van der Waals surface area (Å²) in [5.74, 6) is -5.08. The summed E-state index contributed by atoms with van der Waals surface area (Å²) in [6, 6.07) is 0. The highest BCUT2D eigenvalue weighted by molar-refractivity contribution is 9.10. The molecule has 12 nitrogen and oxygen atoms in total. The maximum absolute atomic E-state index is 13.2. The molecule has 3 amide bonds. The van der Waals surface area contributed by atoms with Crippen molar-refractivity contribution in [3.63, 3.8) is 0 Å². The summed E-state index contributed by atoms with van der Waals surface area (Å²) in [6.07, 6.45) is 2.23. The summed E-state index contributed by atoms with van der Waals surface area (Å²) in [4.78, 5) is 78.3. The van der Waals surface area contributed by atoms with E-state index in [4.69, 9.17) is 18.9 Å². The SMILES string of the molecule is CC(C)(C)C(=O)OCC(COC(=O)C(C)(C)Br)(NC(=O)CCN1C(=O)C2C3C=CC(O3)[C@H]2C1=O)OC(=O)C(C)(C)Br. The molecule has 2 fully saturated rings. The number of hydrogen-bond acceptors (Lipinski definition) is 10. The molecular formula is C27H36Br2N2O10. The van der Waals surface area contributed by atoms with E-state index in [1.807, 2.05) is 0 Å². The van der Waals surface area contributed by atoms with Gasteiger partial charge in [-0.1, -0.05) is 44.0 Å². The number of hydrogen-bond donors (Lipinski definition) is 1. The Bertz CT molecular complexity index is 1090. The second kappa shape index (κ2) is 11.8. The zero-order chi connectivity index (χ0) is 31.1. The van der Waals surface area contributed by atoms with E-state index >= 15 is 0 Å². The van der Waals surface area contributed by atoms with Gasteiger partial charge in [0.25, 0.3) is 5.72 Å². The number of rotatable bonds is 11. The number of fused-ring (bicyclic) bond motifs is 5. The molecule has 41 heavy (non-hydrogen) atoms. The molecule has 0 spiro atoms. The smallest absolute Gasteiger partial charge is 0.324 e. The molecule has 0 saturated carbocycles. The van der Waals surface area contributed by atoms with Crippen molar-refractivity contribution in [2.24, 2.45) is 17.3 Å². The number of nitrogens with one attached hydrogen (secondary N) is 1. The molecule has 0 radical (unpaired) electrons. The second-order valence-electron chi connectivity index (χ2n) is 12.4. The van der Waals surface area contributed by atoms with Gasteiger partial charge in [0.05, 0.1) is 29.5 Å². The maximum atomic E-state index is 13.2. The minimum atomic E-state index is -2.12. The van der Waals surface area contributed by atoms with Crippen molar-refractivity contribution in [3.8, 4) is 0 Å². The third kappa shape index (κ3) is 7.56. The molecule has 0 aromatic rings. The number of likely N-dealkylation sites (tertiary alicyclic amines) is 1. The summed E-state index contributed by atoms with van der Waals surface area (Å²) in [5, 5.41) is 2.52. The standard InChI is InChI=1S/C27H36Br2N2O10/c1-24(2,3)21(35)38-12-27(41-23(37)26(6,7)29,13-39-22(36)25(4,5)28)30-16(32)10-11-31-19(33)17-14-8-9-15(40-14)18(17)20(31)34/h8-9,14-15,17-18H,10-13H2,1-7H3,(H,30,32)/t14?,15?,17-,18?,27?/m1/s1. The van der Waals surface area contributed by atoms with Crippen molar-refractivity contribution in [1.82, 2.24) is 10.2 Å². The summed E-state index contributed by atoms with van der Waals surface area (Å²) in [5.41, 5.74) is -3.06. The molecule has 3 aliphatic heterocycles. The van der Waals surface area contributed by atoms with Crippen molar-refractivity contribution >= 4 is 67.5 Å². The van der Waals surface area contributed by atoms with Gasteiger partial charge in [0, 0.05) is 13.0 Å². The van der Waals surface area contributed by atoms with Crippen LogP contribution in [0.1, 0.15) is 54.9 Å². The highest BCUT2D eigenvalue weighted by Crippen LogP contribution is 2.45. The van der Waals surface area contributed by atoms with Gasteiger partial charge < -0.3 is 24.3 Å². The van der Waals surface area contributed by atoms with Crippen LogP contribution in [0.25, 0.3) is 0 Å². The Labute approximate surface area is 255 Å². The van der Waals surface area contributed by atoms with Crippen LogP contribution < -0.4 is 5.32 Å². The normalized spacial score (nSPS) is 25.0. The third-order valence-electron chi connectivity index (χ3n) is 6.68. The number of ether oxygens (including phenoxy) is 4. The zero-order valence-electron chi connectivity index (χ0n) is 24.1. The number of alkyl halides is 2. The average Bonchev–Trinajstić information content (AvgIpc) is 3.51. The highest BCUT2D eigenvalue weighted by atomic mass is 79.9. The Balaban J connectivity index is 1.81.